The van der Waals surface area contributed by atoms with Crippen molar-refractivity contribution >= 4 is 0 Å². The van der Waals surface area contributed by atoms with Crippen LogP contribution in [0.2, 0.25) is 0 Å². The van der Waals surface area contributed by atoms with Gasteiger partial charge in [-0.2, -0.15) is 8.78 Å². The summed E-state index contributed by atoms with van der Waals surface area (Å²) < 4.78 is 33.8. The smallest absolute Gasteiger partial charge is 0.387 e. The molecule has 106 valence electrons. The van der Waals surface area contributed by atoms with Crippen LogP contribution in [0.15, 0.2) is 24.3 Å². The van der Waals surface area contributed by atoms with Gasteiger partial charge in [0.1, 0.15) is 5.75 Å². The Morgan fingerprint density at radius 2 is 2.05 bits per heavy atom. The second-order valence-corrected chi connectivity index (χ2v) is 4.86. The van der Waals surface area contributed by atoms with E-state index in [1.807, 2.05) is 12.1 Å². The molecule has 1 aromatic carbocycles. The maximum atomic E-state index is 12.0. The highest BCUT2D eigenvalue weighted by Gasteiger charge is 2.17. The first kappa shape index (κ1) is 14.2. The largest absolute Gasteiger partial charge is 0.435 e. The minimum Gasteiger partial charge on any atom is -0.435 e. The molecule has 3 nitrogen and oxygen atoms in total. The summed E-state index contributed by atoms with van der Waals surface area (Å²) in [6.07, 6.45) is 1.86. The van der Waals surface area contributed by atoms with Gasteiger partial charge in [0, 0.05) is 12.1 Å². The van der Waals surface area contributed by atoms with E-state index in [1.54, 1.807) is 12.1 Å². The van der Waals surface area contributed by atoms with Crippen molar-refractivity contribution in [1.82, 2.24) is 5.32 Å². The molecule has 1 aliphatic heterocycles. The molecule has 19 heavy (non-hydrogen) atoms. The van der Waals surface area contributed by atoms with E-state index in [-0.39, 0.29) is 5.75 Å². The molecular weight excluding hydrogens is 252 g/mol. The zero-order valence-electron chi connectivity index (χ0n) is 10.9. The molecule has 0 aliphatic carbocycles. The van der Waals surface area contributed by atoms with Gasteiger partial charge in [-0.15, -0.1) is 0 Å². The first-order valence-corrected chi connectivity index (χ1v) is 6.51. The van der Waals surface area contributed by atoms with Gasteiger partial charge in [0.2, 0.25) is 0 Å². The molecule has 5 heteroatoms. The predicted octanol–water partition coefficient (Wildman–Crippen LogP) is 2.60. The summed E-state index contributed by atoms with van der Waals surface area (Å²) in [6.45, 7) is 0.825. The summed E-state index contributed by atoms with van der Waals surface area (Å²) in [5, 5.41) is 3.48. The van der Waals surface area contributed by atoms with E-state index in [0.29, 0.717) is 12.1 Å². The van der Waals surface area contributed by atoms with E-state index >= 15 is 0 Å². The van der Waals surface area contributed by atoms with Crippen LogP contribution in [0.1, 0.15) is 18.9 Å². The van der Waals surface area contributed by atoms with Crippen molar-refractivity contribution < 1.29 is 18.3 Å². The molecule has 2 unspecified atom stereocenters. The summed E-state index contributed by atoms with van der Waals surface area (Å²) in [4.78, 5) is 0. The molecule has 0 aromatic heterocycles. The number of hydrogen-bond acceptors (Lipinski definition) is 3. The zero-order chi connectivity index (χ0) is 13.7. The molecule has 1 saturated heterocycles. The normalized spacial score (nSPS) is 23.6. The number of alkyl halides is 2. The number of halogens is 2. The highest BCUT2D eigenvalue weighted by molar-refractivity contribution is 5.27. The quantitative estimate of drug-likeness (QED) is 0.893. The van der Waals surface area contributed by atoms with Crippen molar-refractivity contribution in [3.8, 4) is 5.75 Å². The van der Waals surface area contributed by atoms with Gasteiger partial charge in [-0.25, -0.2) is 0 Å². The van der Waals surface area contributed by atoms with Gasteiger partial charge in [-0.1, -0.05) is 12.1 Å². The van der Waals surface area contributed by atoms with Crippen molar-refractivity contribution in [2.45, 2.75) is 38.5 Å². The second-order valence-electron chi connectivity index (χ2n) is 4.86. The minimum absolute atomic E-state index is 0.200. The van der Waals surface area contributed by atoms with Crippen molar-refractivity contribution in [2.24, 2.45) is 0 Å². The third-order valence-corrected chi connectivity index (χ3v) is 3.14. The van der Waals surface area contributed by atoms with Crippen molar-refractivity contribution in [3.63, 3.8) is 0 Å². The van der Waals surface area contributed by atoms with Gasteiger partial charge < -0.3 is 14.8 Å². The minimum atomic E-state index is -2.77. The van der Waals surface area contributed by atoms with Crippen molar-refractivity contribution in [1.29, 1.82) is 0 Å². The van der Waals surface area contributed by atoms with Gasteiger partial charge in [-0.3, -0.25) is 0 Å². The van der Waals surface area contributed by atoms with Gasteiger partial charge in [0.15, 0.2) is 0 Å². The van der Waals surface area contributed by atoms with E-state index in [1.165, 1.54) is 0 Å². The maximum absolute atomic E-state index is 12.0. The van der Waals surface area contributed by atoms with E-state index in [2.05, 4.69) is 17.0 Å². The van der Waals surface area contributed by atoms with Crippen LogP contribution < -0.4 is 10.1 Å². The van der Waals surface area contributed by atoms with Crippen LogP contribution in [0.25, 0.3) is 0 Å². The van der Waals surface area contributed by atoms with Crippen LogP contribution in [0.3, 0.4) is 0 Å². The Hall–Kier alpha value is -1.20. The number of aryl methyl sites for hydroxylation is 1. The Balaban J connectivity index is 1.79. The first-order chi connectivity index (χ1) is 9.13. The number of benzene rings is 1. The molecule has 1 heterocycles. The lowest BCUT2D eigenvalue weighted by Gasteiger charge is -2.29. The fourth-order valence-electron chi connectivity index (χ4n) is 2.23. The number of ether oxygens (including phenoxy) is 2. The highest BCUT2D eigenvalue weighted by atomic mass is 19.3. The lowest BCUT2D eigenvalue weighted by atomic mass is 10.0. The molecule has 1 fully saturated rings. The van der Waals surface area contributed by atoms with Crippen LogP contribution in [-0.4, -0.2) is 31.9 Å². The first-order valence-electron chi connectivity index (χ1n) is 6.51. The topological polar surface area (TPSA) is 30.5 Å². The summed E-state index contributed by atoms with van der Waals surface area (Å²) in [5.41, 5.74) is 1.11. The fraction of sp³-hybridized carbons (Fsp3) is 0.571. The molecule has 1 aliphatic rings. The van der Waals surface area contributed by atoms with Crippen LogP contribution in [0.4, 0.5) is 8.78 Å². The van der Waals surface area contributed by atoms with Gasteiger partial charge in [-0.05, 0) is 37.5 Å². The Bertz CT molecular complexity index is 384. The van der Waals surface area contributed by atoms with Gasteiger partial charge in [0.25, 0.3) is 0 Å². The number of morpholine rings is 1. The monoisotopic (exact) mass is 271 g/mol. The van der Waals surface area contributed by atoms with E-state index in [0.717, 1.165) is 31.6 Å². The van der Waals surface area contributed by atoms with Crippen LogP contribution >= 0.6 is 0 Å². The van der Waals surface area contributed by atoms with E-state index in [9.17, 15) is 8.78 Å². The molecular formula is C14H19F2NO2. The fourth-order valence-corrected chi connectivity index (χ4v) is 2.23. The Morgan fingerprint density at radius 3 is 2.68 bits per heavy atom. The average molecular weight is 271 g/mol. The van der Waals surface area contributed by atoms with E-state index < -0.39 is 6.61 Å². The summed E-state index contributed by atoms with van der Waals surface area (Å²) in [6, 6.07) is 7.56. The zero-order valence-corrected chi connectivity index (χ0v) is 10.9. The van der Waals surface area contributed by atoms with Crippen LogP contribution in [0, 0.1) is 0 Å². The Kier molecular flexibility index (Phi) is 5.10. The lowest BCUT2D eigenvalue weighted by molar-refractivity contribution is -0.0498. The molecule has 0 amide bonds. The third-order valence-electron chi connectivity index (χ3n) is 3.14. The van der Waals surface area contributed by atoms with E-state index in [4.69, 9.17) is 4.74 Å². The SMILES string of the molecule is CC1COCC(CCc2ccc(OC(F)F)cc2)N1. The number of hydrogen-bond donors (Lipinski definition) is 1. The highest BCUT2D eigenvalue weighted by Crippen LogP contribution is 2.16. The second kappa shape index (κ2) is 6.82. The molecule has 0 bridgehead atoms. The average Bonchev–Trinajstić information content (AvgIpc) is 2.37. The van der Waals surface area contributed by atoms with Crippen LogP contribution in [-0.2, 0) is 11.2 Å². The molecule has 2 atom stereocenters. The molecule has 1 aromatic rings. The Labute approximate surface area is 111 Å². The number of nitrogens with one attached hydrogen (secondary N) is 1. The summed E-state index contributed by atoms with van der Waals surface area (Å²) in [5.74, 6) is 0.200. The predicted molar refractivity (Wildman–Crippen MR) is 68.6 cm³/mol. The lowest BCUT2D eigenvalue weighted by Crippen LogP contribution is -2.47. The molecule has 1 N–H and O–H groups in total. The number of rotatable bonds is 5. The Morgan fingerprint density at radius 1 is 1.32 bits per heavy atom. The maximum Gasteiger partial charge on any atom is 0.387 e. The molecule has 2 rings (SSSR count). The molecule has 0 spiro atoms. The van der Waals surface area contributed by atoms with Crippen molar-refractivity contribution in [3.05, 3.63) is 29.8 Å². The summed E-state index contributed by atoms with van der Waals surface area (Å²) >= 11 is 0. The molecule has 0 saturated carbocycles. The standard InChI is InChI=1S/C14H19F2NO2/c1-10-8-18-9-12(17-10)5-2-11-3-6-13(7-4-11)19-14(15)16/h3-4,6-7,10,12,14,17H,2,5,8-9H2,1H3. The molecule has 0 radical (unpaired) electrons. The summed E-state index contributed by atoms with van der Waals surface area (Å²) in [7, 11) is 0. The van der Waals surface area contributed by atoms with Gasteiger partial charge >= 0.3 is 6.61 Å². The van der Waals surface area contributed by atoms with Crippen LogP contribution in [0.5, 0.6) is 5.75 Å². The third kappa shape index (κ3) is 4.76. The van der Waals surface area contributed by atoms with Crippen molar-refractivity contribution in [2.75, 3.05) is 13.2 Å². The van der Waals surface area contributed by atoms with Gasteiger partial charge in [0.05, 0.1) is 13.2 Å².